The summed E-state index contributed by atoms with van der Waals surface area (Å²) in [6, 6.07) is 16.0. The number of amides is 1. The van der Waals surface area contributed by atoms with Gasteiger partial charge in [0.1, 0.15) is 5.82 Å². The second kappa shape index (κ2) is 10.2. The number of anilines is 1. The Morgan fingerprint density at radius 3 is 2.40 bits per heavy atom. The first-order chi connectivity index (χ1) is 12.1. The Kier molecular flexibility index (Phi) is 7.63. The predicted molar refractivity (Wildman–Crippen MR) is 94.6 cm³/mol. The molecule has 0 bridgehead atoms. The van der Waals surface area contributed by atoms with Crippen LogP contribution in [0.2, 0.25) is 0 Å². The fourth-order valence-corrected chi connectivity index (χ4v) is 2.35. The number of hydrogen-bond acceptors (Lipinski definition) is 3. The molecule has 0 aromatic heterocycles. The molecule has 0 aliphatic rings. The van der Waals surface area contributed by atoms with E-state index >= 15 is 0 Å². The van der Waals surface area contributed by atoms with Crippen molar-refractivity contribution >= 4 is 17.6 Å². The van der Waals surface area contributed by atoms with E-state index in [-0.39, 0.29) is 30.4 Å². The molecule has 0 heterocycles. The molecule has 2 rings (SSSR count). The van der Waals surface area contributed by atoms with Crippen LogP contribution < -0.4 is 5.32 Å². The van der Waals surface area contributed by atoms with Gasteiger partial charge in [-0.3, -0.25) is 9.59 Å². The third-order valence-electron chi connectivity index (χ3n) is 3.65. The van der Waals surface area contributed by atoms with Gasteiger partial charge in [-0.05, 0) is 37.0 Å². The Morgan fingerprint density at radius 2 is 1.64 bits per heavy atom. The molecule has 0 saturated heterocycles. The molecule has 25 heavy (non-hydrogen) atoms. The predicted octanol–water partition coefficient (Wildman–Crippen LogP) is 4.11. The summed E-state index contributed by atoms with van der Waals surface area (Å²) in [5, 5.41) is 2.49. The number of aryl methyl sites for hydroxylation is 1. The molecule has 2 aromatic rings. The number of nitrogens with one attached hydrogen (secondary N) is 1. The van der Waals surface area contributed by atoms with Gasteiger partial charge in [0.05, 0.1) is 12.3 Å². The standard InChI is InChI=1S/C20H22FNO3/c21-17-11-4-5-12-18(17)22-19(23)13-6-14-20(24)25-15-7-10-16-8-2-1-3-9-16/h1-5,8-9,11-12H,6-7,10,13-15H2,(H,22,23). The van der Waals surface area contributed by atoms with Crippen molar-refractivity contribution in [1.82, 2.24) is 0 Å². The zero-order chi connectivity index (χ0) is 17.9. The van der Waals surface area contributed by atoms with Gasteiger partial charge in [0.15, 0.2) is 0 Å². The maximum Gasteiger partial charge on any atom is 0.305 e. The van der Waals surface area contributed by atoms with Gasteiger partial charge in [0.25, 0.3) is 0 Å². The molecule has 0 unspecified atom stereocenters. The van der Waals surface area contributed by atoms with Gasteiger partial charge in [-0.1, -0.05) is 42.5 Å². The normalized spacial score (nSPS) is 10.3. The Morgan fingerprint density at radius 1 is 0.920 bits per heavy atom. The molecule has 0 saturated carbocycles. The van der Waals surface area contributed by atoms with E-state index in [9.17, 15) is 14.0 Å². The molecule has 5 heteroatoms. The van der Waals surface area contributed by atoms with Crippen LogP contribution in [0.5, 0.6) is 0 Å². The SMILES string of the molecule is O=C(CCCC(=O)OCCCc1ccccc1)Nc1ccccc1F. The Bertz CT molecular complexity index is 688. The van der Waals surface area contributed by atoms with Gasteiger partial charge in [0, 0.05) is 12.8 Å². The van der Waals surface area contributed by atoms with Gasteiger partial charge in [0.2, 0.25) is 5.91 Å². The van der Waals surface area contributed by atoms with Crippen molar-refractivity contribution in [3.63, 3.8) is 0 Å². The molecular weight excluding hydrogens is 321 g/mol. The zero-order valence-electron chi connectivity index (χ0n) is 14.0. The van der Waals surface area contributed by atoms with E-state index in [0.29, 0.717) is 13.0 Å². The van der Waals surface area contributed by atoms with Crippen LogP contribution in [-0.4, -0.2) is 18.5 Å². The molecule has 0 radical (unpaired) electrons. The lowest BCUT2D eigenvalue weighted by molar-refractivity contribution is -0.143. The third kappa shape index (κ3) is 7.16. The average Bonchev–Trinajstić information content (AvgIpc) is 2.62. The van der Waals surface area contributed by atoms with Crippen LogP contribution >= 0.6 is 0 Å². The van der Waals surface area contributed by atoms with Crippen LogP contribution in [0, 0.1) is 5.82 Å². The zero-order valence-corrected chi connectivity index (χ0v) is 14.0. The number of halogens is 1. The molecule has 0 aliphatic heterocycles. The van der Waals surface area contributed by atoms with Crippen molar-refractivity contribution in [2.75, 3.05) is 11.9 Å². The monoisotopic (exact) mass is 343 g/mol. The van der Waals surface area contributed by atoms with Crippen LogP contribution in [0.25, 0.3) is 0 Å². The second-order valence-corrected chi connectivity index (χ2v) is 5.69. The second-order valence-electron chi connectivity index (χ2n) is 5.69. The van der Waals surface area contributed by atoms with Crippen molar-refractivity contribution in [3.8, 4) is 0 Å². The van der Waals surface area contributed by atoms with E-state index in [1.54, 1.807) is 12.1 Å². The lowest BCUT2D eigenvalue weighted by Crippen LogP contribution is -2.13. The van der Waals surface area contributed by atoms with Gasteiger partial charge in [-0.2, -0.15) is 0 Å². The highest BCUT2D eigenvalue weighted by Crippen LogP contribution is 2.13. The lowest BCUT2D eigenvalue weighted by atomic mass is 10.1. The Hall–Kier alpha value is -2.69. The number of rotatable bonds is 9. The van der Waals surface area contributed by atoms with Crippen molar-refractivity contribution < 1.29 is 18.7 Å². The highest BCUT2D eigenvalue weighted by atomic mass is 19.1. The number of hydrogen-bond donors (Lipinski definition) is 1. The molecule has 0 fully saturated rings. The van der Waals surface area contributed by atoms with E-state index in [2.05, 4.69) is 5.32 Å². The summed E-state index contributed by atoms with van der Waals surface area (Å²) in [5.74, 6) is -1.11. The van der Waals surface area contributed by atoms with Gasteiger partial charge >= 0.3 is 5.97 Å². The van der Waals surface area contributed by atoms with Crippen LogP contribution in [0.15, 0.2) is 54.6 Å². The molecule has 1 N–H and O–H groups in total. The minimum atomic E-state index is -0.478. The molecule has 1 amide bonds. The van der Waals surface area contributed by atoms with Crippen molar-refractivity contribution in [3.05, 3.63) is 66.0 Å². The number of ether oxygens (including phenoxy) is 1. The smallest absolute Gasteiger partial charge is 0.305 e. The largest absolute Gasteiger partial charge is 0.466 e. The fourth-order valence-electron chi connectivity index (χ4n) is 2.35. The first kappa shape index (κ1) is 18.6. The highest BCUT2D eigenvalue weighted by Gasteiger charge is 2.08. The summed E-state index contributed by atoms with van der Waals surface area (Å²) >= 11 is 0. The van der Waals surface area contributed by atoms with Gasteiger partial charge in [-0.25, -0.2) is 4.39 Å². The number of carbonyl (C=O) groups is 2. The molecule has 132 valence electrons. The molecule has 4 nitrogen and oxygen atoms in total. The van der Waals surface area contributed by atoms with Crippen LogP contribution in [0.1, 0.15) is 31.2 Å². The molecule has 0 spiro atoms. The first-order valence-electron chi connectivity index (χ1n) is 8.39. The van der Waals surface area contributed by atoms with Crippen LogP contribution in [0.4, 0.5) is 10.1 Å². The number of para-hydroxylation sites is 1. The van der Waals surface area contributed by atoms with Crippen LogP contribution in [0.3, 0.4) is 0 Å². The molecule has 0 aliphatic carbocycles. The Balaban J connectivity index is 1.56. The summed E-state index contributed by atoms with van der Waals surface area (Å²) < 4.78 is 18.6. The number of esters is 1. The summed E-state index contributed by atoms with van der Waals surface area (Å²) in [5.41, 5.74) is 1.36. The van der Waals surface area contributed by atoms with Crippen molar-refractivity contribution in [2.24, 2.45) is 0 Å². The summed E-state index contributed by atoms with van der Waals surface area (Å²) in [4.78, 5) is 23.4. The molecule has 2 aromatic carbocycles. The maximum absolute atomic E-state index is 13.4. The summed E-state index contributed by atoms with van der Waals surface area (Å²) in [7, 11) is 0. The average molecular weight is 343 g/mol. The summed E-state index contributed by atoms with van der Waals surface area (Å²) in [6.07, 6.45) is 2.32. The van der Waals surface area contributed by atoms with Crippen LogP contribution in [-0.2, 0) is 20.7 Å². The first-order valence-corrected chi connectivity index (χ1v) is 8.39. The van der Waals surface area contributed by atoms with E-state index in [0.717, 1.165) is 12.8 Å². The minimum absolute atomic E-state index is 0.146. The van der Waals surface area contributed by atoms with E-state index < -0.39 is 5.82 Å². The topological polar surface area (TPSA) is 55.4 Å². The quantitative estimate of drug-likeness (QED) is 0.551. The molecular formula is C20H22FNO3. The lowest BCUT2D eigenvalue weighted by Gasteiger charge is -2.07. The van der Waals surface area contributed by atoms with Crippen molar-refractivity contribution in [1.29, 1.82) is 0 Å². The maximum atomic E-state index is 13.4. The van der Waals surface area contributed by atoms with E-state index in [4.69, 9.17) is 4.74 Å². The number of benzene rings is 2. The van der Waals surface area contributed by atoms with E-state index in [1.165, 1.54) is 17.7 Å². The third-order valence-corrected chi connectivity index (χ3v) is 3.65. The molecule has 0 atom stereocenters. The van der Waals surface area contributed by atoms with E-state index in [1.807, 2.05) is 30.3 Å². The Labute approximate surface area is 147 Å². The van der Waals surface area contributed by atoms with Gasteiger partial charge < -0.3 is 10.1 Å². The highest BCUT2D eigenvalue weighted by molar-refractivity contribution is 5.91. The minimum Gasteiger partial charge on any atom is -0.466 e. The summed E-state index contributed by atoms with van der Waals surface area (Å²) in [6.45, 7) is 0.370. The van der Waals surface area contributed by atoms with Crippen molar-refractivity contribution in [2.45, 2.75) is 32.1 Å². The van der Waals surface area contributed by atoms with Gasteiger partial charge in [-0.15, -0.1) is 0 Å². The fraction of sp³-hybridized carbons (Fsp3) is 0.300. The number of carbonyl (C=O) groups excluding carboxylic acids is 2.